The van der Waals surface area contributed by atoms with E-state index in [0.29, 0.717) is 19.3 Å². The lowest BCUT2D eigenvalue weighted by Crippen LogP contribution is -2.30. The molecule has 0 bridgehead atoms. The lowest BCUT2D eigenvalue weighted by molar-refractivity contribution is -0.167. The molecule has 384 valence electrons. The molecule has 6 heteroatoms. The number of hydrogen-bond donors (Lipinski definition) is 0. The minimum atomic E-state index is -0.796. The third-order valence-electron chi connectivity index (χ3n) is 11.9. The van der Waals surface area contributed by atoms with Gasteiger partial charge in [-0.25, -0.2) is 0 Å². The van der Waals surface area contributed by atoms with Gasteiger partial charge in [0.1, 0.15) is 13.2 Å². The van der Waals surface area contributed by atoms with E-state index < -0.39 is 6.10 Å². The second kappa shape index (κ2) is 55.2. The summed E-state index contributed by atoms with van der Waals surface area (Å²) in [6, 6.07) is 0. The van der Waals surface area contributed by atoms with Gasteiger partial charge >= 0.3 is 17.9 Å². The van der Waals surface area contributed by atoms with Gasteiger partial charge in [-0.05, 0) is 103 Å². The summed E-state index contributed by atoms with van der Waals surface area (Å²) >= 11 is 0. The molecule has 67 heavy (non-hydrogen) atoms. The van der Waals surface area contributed by atoms with Crippen molar-refractivity contribution in [3.8, 4) is 0 Å². The van der Waals surface area contributed by atoms with Gasteiger partial charge in [0.05, 0.1) is 0 Å². The highest BCUT2D eigenvalue weighted by Gasteiger charge is 2.19. The largest absolute Gasteiger partial charge is 0.462 e. The summed E-state index contributed by atoms with van der Waals surface area (Å²) in [7, 11) is 0. The van der Waals surface area contributed by atoms with Gasteiger partial charge in [0.15, 0.2) is 6.10 Å². The van der Waals surface area contributed by atoms with E-state index in [1.807, 2.05) is 0 Å². The number of ether oxygens (including phenoxy) is 3. The van der Waals surface area contributed by atoms with Crippen molar-refractivity contribution in [2.75, 3.05) is 13.2 Å². The Kier molecular flexibility index (Phi) is 52.4. The Bertz CT molecular complexity index is 1300. The molecule has 0 aliphatic carbocycles. The Morgan fingerprint density at radius 1 is 0.328 bits per heavy atom. The van der Waals surface area contributed by atoms with Crippen LogP contribution in [-0.4, -0.2) is 37.2 Å². The van der Waals surface area contributed by atoms with Crippen LogP contribution in [-0.2, 0) is 28.6 Å². The Morgan fingerprint density at radius 2 is 0.627 bits per heavy atom. The highest BCUT2D eigenvalue weighted by Crippen LogP contribution is 2.15. The van der Waals surface area contributed by atoms with Crippen molar-refractivity contribution in [2.24, 2.45) is 0 Å². The van der Waals surface area contributed by atoms with Gasteiger partial charge in [-0.15, -0.1) is 0 Å². The fraction of sp³-hybridized carbons (Fsp3) is 0.721. The van der Waals surface area contributed by atoms with Gasteiger partial charge in [0.2, 0.25) is 0 Å². The summed E-state index contributed by atoms with van der Waals surface area (Å²) < 4.78 is 16.8. The van der Waals surface area contributed by atoms with Crippen LogP contribution in [0.3, 0.4) is 0 Å². The third kappa shape index (κ3) is 53.4. The maximum atomic E-state index is 12.8. The SMILES string of the molecule is CC/C=C\C/C=C\C/C=C\CCCCCCCCCCCC(=O)OCC(COC(=O)CCCCCCCCC/C=C\C/C=C\CC)OC(=O)CCCCC/C=C\C=C/CCCCCCCCC. The summed E-state index contributed by atoms with van der Waals surface area (Å²) in [5.41, 5.74) is 0. The molecule has 0 aliphatic heterocycles. The predicted octanol–water partition coefficient (Wildman–Crippen LogP) is 18.8. The molecule has 0 amide bonds. The van der Waals surface area contributed by atoms with Gasteiger partial charge < -0.3 is 14.2 Å². The quantitative estimate of drug-likeness (QED) is 0.0199. The second-order valence-corrected chi connectivity index (χ2v) is 18.5. The van der Waals surface area contributed by atoms with Crippen molar-refractivity contribution < 1.29 is 28.6 Å². The van der Waals surface area contributed by atoms with Crippen LogP contribution in [0.4, 0.5) is 0 Å². The van der Waals surface area contributed by atoms with E-state index in [0.717, 1.165) is 109 Å². The molecule has 1 atom stereocenters. The van der Waals surface area contributed by atoms with E-state index in [1.165, 1.54) is 116 Å². The second-order valence-electron chi connectivity index (χ2n) is 18.5. The van der Waals surface area contributed by atoms with Gasteiger partial charge in [-0.1, -0.05) is 228 Å². The molecule has 0 radical (unpaired) electrons. The zero-order chi connectivity index (χ0) is 48.6. The van der Waals surface area contributed by atoms with Crippen LogP contribution in [0, 0.1) is 0 Å². The Balaban J connectivity index is 4.42. The first-order chi connectivity index (χ1) is 33.0. The average Bonchev–Trinajstić information content (AvgIpc) is 3.33. The molecule has 0 spiro atoms. The first-order valence-corrected chi connectivity index (χ1v) is 28.1. The van der Waals surface area contributed by atoms with E-state index in [4.69, 9.17) is 14.2 Å². The van der Waals surface area contributed by atoms with Gasteiger partial charge in [-0.2, -0.15) is 0 Å². The Hall–Kier alpha value is -3.41. The molecular weight excluding hydrogens is 829 g/mol. The molecule has 0 saturated carbocycles. The van der Waals surface area contributed by atoms with Crippen molar-refractivity contribution in [3.63, 3.8) is 0 Å². The molecule has 0 saturated heterocycles. The van der Waals surface area contributed by atoms with Crippen LogP contribution in [0.1, 0.15) is 265 Å². The number of hydrogen-bond acceptors (Lipinski definition) is 6. The van der Waals surface area contributed by atoms with E-state index >= 15 is 0 Å². The average molecular weight is 933 g/mol. The first-order valence-electron chi connectivity index (χ1n) is 28.1. The van der Waals surface area contributed by atoms with Crippen molar-refractivity contribution in [1.82, 2.24) is 0 Å². The summed E-state index contributed by atoms with van der Waals surface area (Å²) in [6.45, 7) is 6.40. The van der Waals surface area contributed by atoms with Crippen LogP contribution in [0.25, 0.3) is 0 Å². The predicted molar refractivity (Wildman–Crippen MR) is 288 cm³/mol. The minimum Gasteiger partial charge on any atom is -0.462 e. The molecule has 0 aliphatic rings. The lowest BCUT2D eigenvalue weighted by atomic mass is 10.1. The Morgan fingerprint density at radius 3 is 1.01 bits per heavy atom. The van der Waals surface area contributed by atoms with Crippen LogP contribution < -0.4 is 0 Å². The van der Waals surface area contributed by atoms with Crippen LogP contribution in [0.15, 0.2) is 85.1 Å². The van der Waals surface area contributed by atoms with Gasteiger partial charge in [0, 0.05) is 19.3 Å². The summed E-state index contributed by atoms with van der Waals surface area (Å²) in [5, 5.41) is 0. The molecule has 6 nitrogen and oxygen atoms in total. The fourth-order valence-corrected chi connectivity index (χ4v) is 7.72. The van der Waals surface area contributed by atoms with Gasteiger partial charge in [0.25, 0.3) is 0 Å². The van der Waals surface area contributed by atoms with Crippen molar-refractivity contribution >= 4 is 17.9 Å². The number of carbonyl (C=O) groups is 3. The highest BCUT2D eigenvalue weighted by molar-refractivity contribution is 5.71. The smallest absolute Gasteiger partial charge is 0.306 e. The molecule has 1 unspecified atom stereocenters. The van der Waals surface area contributed by atoms with Crippen molar-refractivity contribution in [2.45, 2.75) is 271 Å². The number of allylic oxidation sites excluding steroid dienone is 14. The number of unbranched alkanes of at least 4 members (excludes halogenated alkanes) is 26. The van der Waals surface area contributed by atoms with Crippen LogP contribution in [0.5, 0.6) is 0 Å². The normalized spacial score (nSPS) is 12.7. The van der Waals surface area contributed by atoms with E-state index in [2.05, 4.69) is 106 Å². The number of esters is 3. The zero-order valence-corrected chi connectivity index (χ0v) is 43.9. The number of rotatable bonds is 50. The zero-order valence-electron chi connectivity index (χ0n) is 43.9. The molecule has 0 fully saturated rings. The molecule has 0 rings (SSSR count). The summed E-state index contributed by atoms with van der Waals surface area (Å²) in [4.78, 5) is 38.1. The lowest BCUT2D eigenvalue weighted by Gasteiger charge is -2.18. The van der Waals surface area contributed by atoms with Crippen molar-refractivity contribution in [1.29, 1.82) is 0 Å². The van der Waals surface area contributed by atoms with E-state index in [9.17, 15) is 14.4 Å². The first kappa shape index (κ1) is 63.6. The monoisotopic (exact) mass is 933 g/mol. The van der Waals surface area contributed by atoms with Crippen molar-refractivity contribution in [3.05, 3.63) is 85.1 Å². The maximum absolute atomic E-state index is 12.8. The summed E-state index contributed by atoms with van der Waals surface area (Å²) in [6.07, 6.45) is 71.4. The molecule has 0 aromatic rings. The van der Waals surface area contributed by atoms with Crippen LogP contribution in [0.2, 0.25) is 0 Å². The number of carbonyl (C=O) groups excluding carboxylic acids is 3. The Labute approximate surface area is 414 Å². The summed E-state index contributed by atoms with van der Waals surface area (Å²) in [5.74, 6) is -0.928. The molecule has 0 N–H and O–H groups in total. The molecule has 0 heterocycles. The topological polar surface area (TPSA) is 78.9 Å². The fourth-order valence-electron chi connectivity index (χ4n) is 7.72. The molecule has 0 aromatic heterocycles. The molecule has 0 aromatic carbocycles. The van der Waals surface area contributed by atoms with E-state index in [1.54, 1.807) is 0 Å². The van der Waals surface area contributed by atoms with Crippen LogP contribution >= 0.6 is 0 Å². The van der Waals surface area contributed by atoms with Gasteiger partial charge in [-0.3, -0.25) is 14.4 Å². The van der Waals surface area contributed by atoms with E-state index in [-0.39, 0.29) is 31.1 Å². The standard InChI is InChI=1S/C61H104O6/c1-4-7-10-13-16-19-22-25-28-30-31-32-34-36-39-42-45-48-51-54-60(63)66-57-58(56-65-59(62)53-50-47-44-41-38-35-27-24-21-18-15-12-9-6-3)67-61(64)55-52-49-46-43-40-37-33-29-26-23-20-17-14-11-8-5-2/h7,9-10,12,16,18-19,21,25,28-29,33,37,40,58H,4-6,8,11,13-15,17,20,22-24,26-27,30-32,34-36,38-39,41-57H2,1-3H3/b10-7-,12-9-,19-16-,21-18-,28-25-,33-29-,40-37-. The maximum Gasteiger partial charge on any atom is 0.306 e. The third-order valence-corrected chi connectivity index (χ3v) is 11.9. The molecular formula is C61H104O6. The minimum absolute atomic E-state index is 0.0927. The highest BCUT2D eigenvalue weighted by atomic mass is 16.6.